The minimum absolute atomic E-state index is 0.707. The highest BCUT2D eigenvalue weighted by atomic mass is 15.3. The normalized spacial score (nSPS) is 15.3. The Morgan fingerprint density at radius 1 is 1.21 bits per heavy atom. The van der Waals surface area contributed by atoms with E-state index in [-0.39, 0.29) is 0 Å². The Labute approximate surface area is 173 Å². The van der Waals surface area contributed by atoms with Crippen molar-refractivity contribution in [1.82, 2.24) is 20.3 Å². The number of hydrogen-bond acceptors (Lipinski definition) is 7. The zero-order valence-electron chi connectivity index (χ0n) is 17.6. The molecule has 1 saturated heterocycles. The van der Waals surface area contributed by atoms with E-state index in [9.17, 15) is 0 Å². The summed E-state index contributed by atoms with van der Waals surface area (Å²) in [5.74, 6) is 7.84. The number of aromatic nitrogens is 2. The van der Waals surface area contributed by atoms with Gasteiger partial charge in [0.25, 0.3) is 0 Å². The predicted molar refractivity (Wildman–Crippen MR) is 120 cm³/mol. The lowest BCUT2D eigenvalue weighted by Gasteiger charge is -2.33. The van der Waals surface area contributed by atoms with Crippen LogP contribution < -0.4 is 21.5 Å². The number of likely N-dealkylation sites (N-methyl/N-ethyl adjacent to an activating group) is 1. The van der Waals surface area contributed by atoms with E-state index >= 15 is 0 Å². The standard InChI is InChI=1S/C22H31N7/c1-5-18-8-6-7-9-19(18)22-25-20(24-16(2)14-17(3)27-23)15-21(26-22)29-12-10-28(4)11-13-29/h6-9,14-15,27H,2,5,10-13,23H2,1,3-4H3,(H,24,25,26)/b17-14-. The van der Waals surface area contributed by atoms with Gasteiger partial charge in [0.1, 0.15) is 11.6 Å². The van der Waals surface area contributed by atoms with Gasteiger partial charge in [0, 0.05) is 49.2 Å². The van der Waals surface area contributed by atoms with Gasteiger partial charge in [-0.3, -0.25) is 5.84 Å². The molecule has 0 radical (unpaired) electrons. The molecule has 2 heterocycles. The fraction of sp³-hybridized carbons (Fsp3) is 0.364. The van der Waals surface area contributed by atoms with Gasteiger partial charge in [-0.2, -0.15) is 0 Å². The molecule has 0 aliphatic carbocycles. The summed E-state index contributed by atoms with van der Waals surface area (Å²) in [7, 11) is 2.15. The summed E-state index contributed by atoms with van der Waals surface area (Å²) < 4.78 is 0. The molecule has 29 heavy (non-hydrogen) atoms. The summed E-state index contributed by atoms with van der Waals surface area (Å²) >= 11 is 0. The Morgan fingerprint density at radius 3 is 2.62 bits per heavy atom. The molecule has 1 aliphatic heterocycles. The van der Waals surface area contributed by atoms with E-state index < -0.39 is 0 Å². The summed E-state index contributed by atoms with van der Waals surface area (Å²) in [6.45, 7) is 12.0. The number of nitrogens with two attached hydrogens (primary N) is 1. The number of hydrazine groups is 1. The molecule has 0 amide bonds. The number of benzene rings is 1. The maximum Gasteiger partial charge on any atom is 0.164 e. The number of nitrogens with zero attached hydrogens (tertiary/aromatic N) is 4. The highest BCUT2D eigenvalue weighted by Gasteiger charge is 2.18. The number of hydrogen-bond donors (Lipinski definition) is 3. The fourth-order valence-electron chi connectivity index (χ4n) is 3.37. The largest absolute Gasteiger partial charge is 0.354 e. The summed E-state index contributed by atoms with van der Waals surface area (Å²) in [6.07, 6.45) is 2.77. The molecule has 154 valence electrons. The Morgan fingerprint density at radius 2 is 1.93 bits per heavy atom. The molecule has 2 aromatic rings. The fourth-order valence-corrected chi connectivity index (χ4v) is 3.37. The van der Waals surface area contributed by atoms with Crippen molar-refractivity contribution >= 4 is 11.6 Å². The lowest BCUT2D eigenvalue weighted by molar-refractivity contribution is 0.312. The molecule has 0 spiro atoms. The molecular weight excluding hydrogens is 362 g/mol. The van der Waals surface area contributed by atoms with Gasteiger partial charge < -0.3 is 20.5 Å². The van der Waals surface area contributed by atoms with E-state index in [1.165, 1.54) is 5.56 Å². The van der Waals surface area contributed by atoms with Crippen LogP contribution in [-0.4, -0.2) is 48.1 Å². The molecule has 1 aromatic heterocycles. The average Bonchev–Trinajstić information content (AvgIpc) is 2.73. The van der Waals surface area contributed by atoms with E-state index in [0.717, 1.165) is 61.3 Å². The van der Waals surface area contributed by atoms with E-state index in [0.29, 0.717) is 5.70 Å². The lowest BCUT2D eigenvalue weighted by atomic mass is 10.0. The molecule has 7 heteroatoms. The van der Waals surface area contributed by atoms with Gasteiger partial charge in [0.2, 0.25) is 0 Å². The number of allylic oxidation sites excluding steroid dienone is 2. The van der Waals surface area contributed by atoms with Gasteiger partial charge in [-0.15, -0.1) is 0 Å². The monoisotopic (exact) mass is 393 g/mol. The maximum atomic E-state index is 5.46. The molecule has 0 atom stereocenters. The molecule has 1 fully saturated rings. The molecular formula is C22H31N7. The average molecular weight is 394 g/mol. The highest BCUT2D eigenvalue weighted by molar-refractivity contribution is 5.66. The second-order valence-electron chi connectivity index (χ2n) is 7.36. The first-order valence-electron chi connectivity index (χ1n) is 10.0. The number of nitrogens with one attached hydrogen (secondary N) is 2. The van der Waals surface area contributed by atoms with E-state index in [1.807, 2.05) is 25.1 Å². The third-order valence-corrected chi connectivity index (χ3v) is 5.09. The molecule has 3 rings (SSSR count). The second-order valence-corrected chi connectivity index (χ2v) is 7.36. The highest BCUT2D eigenvalue weighted by Crippen LogP contribution is 2.26. The molecule has 4 N–H and O–H groups in total. The maximum absolute atomic E-state index is 5.46. The minimum Gasteiger partial charge on any atom is -0.354 e. The van der Waals surface area contributed by atoms with Crippen molar-refractivity contribution in [3.63, 3.8) is 0 Å². The van der Waals surface area contributed by atoms with Gasteiger partial charge in [-0.1, -0.05) is 37.8 Å². The SMILES string of the molecule is C=C(/C=C(/C)NN)Nc1cc(N2CCN(C)CC2)nc(-c2ccccc2CC)n1. The van der Waals surface area contributed by atoms with Crippen molar-refractivity contribution in [2.24, 2.45) is 5.84 Å². The van der Waals surface area contributed by atoms with E-state index in [2.05, 4.69) is 59.3 Å². The second kappa shape index (κ2) is 9.54. The van der Waals surface area contributed by atoms with Crippen molar-refractivity contribution in [1.29, 1.82) is 0 Å². The number of piperazine rings is 1. The molecule has 0 saturated carbocycles. The third kappa shape index (κ3) is 5.34. The van der Waals surface area contributed by atoms with Crippen LogP contribution in [0.1, 0.15) is 19.4 Å². The zero-order chi connectivity index (χ0) is 20.8. The minimum atomic E-state index is 0.707. The van der Waals surface area contributed by atoms with Gasteiger partial charge in [0.05, 0.1) is 0 Å². The Kier molecular flexibility index (Phi) is 6.85. The first-order valence-corrected chi connectivity index (χ1v) is 10.0. The number of anilines is 2. The van der Waals surface area contributed by atoms with Crippen molar-refractivity contribution in [3.8, 4) is 11.4 Å². The smallest absolute Gasteiger partial charge is 0.164 e. The van der Waals surface area contributed by atoms with Crippen LogP contribution in [0.2, 0.25) is 0 Å². The predicted octanol–water partition coefficient (Wildman–Crippen LogP) is 2.75. The topological polar surface area (TPSA) is 82.3 Å². The van der Waals surface area contributed by atoms with Crippen LogP contribution in [0.3, 0.4) is 0 Å². The van der Waals surface area contributed by atoms with Gasteiger partial charge in [-0.05, 0) is 32.0 Å². The van der Waals surface area contributed by atoms with Crippen LogP contribution in [-0.2, 0) is 6.42 Å². The van der Waals surface area contributed by atoms with Crippen LogP contribution in [0.15, 0.2) is 54.4 Å². The summed E-state index contributed by atoms with van der Waals surface area (Å²) in [6, 6.07) is 10.3. The van der Waals surface area contributed by atoms with Crippen LogP contribution in [0.4, 0.5) is 11.6 Å². The van der Waals surface area contributed by atoms with Crippen LogP contribution >= 0.6 is 0 Å². The first kappa shape index (κ1) is 20.8. The van der Waals surface area contributed by atoms with E-state index in [4.69, 9.17) is 15.8 Å². The molecule has 0 unspecified atom stereocenters. The van der Waals surface area contributed by atoms with Crippen LogP contribution in [0, 0.1) is 0 Å². The number of aryl methyl sites for hydroxylation is 1. The van der Waals surface area contributed by atoms with Gasteiger partial charge in [0.15, 0.2) is 5.82 Å². The number of rotatable bonds is 7. The molecule has 0 bridgehead atoms. The molecule has 1 aliphatic rings. The van der Waals surface area contributed by atoms with Crippen LogP contribution in [0.25, 0.3) is 11.4 Å². The van der Waals surface area contributed by atoms with Crippen LogP contribution in [0.5, 0.6) is 0 Å². The van der Waals surface area contributed by atoms with Crippen molar-refractivity contribution in [3.05, 3.63) is 59.9 Å². The Hall–Kier alpha value is -2.90. The van der Waals surface area contributed by atoms with E-state index in [1.54, 1.807) is 0 Å². The quantitative estimate of drug-likeness (QED) is 0.379. The third-order valence-electron chi connectivity index (χ3n) is 5.09. The Balaban J connectivity index is 1.99. The summed E-state index contributed by atoms with van der Waals surface area (Å²) in [5.41, 5.74) is 6.43. The first-order chi connectivity index (χ1) is 14.0. The molecule has 1 aromatic carbocycles. The van der Waals surface area contributed by atoms with Crippen molar-refractivity contribution in [2.75, 3.05) is 43.4 Å². The van der Waals surface area contributed by atoms with Gasteiger partial charge >= 0.3 is 0 Å². The van der Waals surface area contributed by atoms with Crippen molar-refractivity contribution in [2.45, 2.75) is 20.3 Å². The summed E-state index contributed by atoms with van der Waals surface area (Å²) in [4.78, 5) is 14.4. The van der Waals surface area contributed by atoms with Crippen molar-refractivity contribution < 1.29 is 0 Å². The lowest BCUT2D eigenvalue weighted by Crippen LogP contribution is -2.44. The van der Waals surface area contributed by atoms with Gasteiger partial charge in [-0.25, -0.2) is 9.97 Å². The summed E-state index contributed by atoms with van der Waals surface area (Å²) in [5, 5.41) is 3.29. The molecule has 7 nitrogen and oxygen atoms in total. The Bertz CT molecular complexity index is 882. The zero-order valence-corrected chi connectivity index (χ0v) is 17.6.